The van der Waals surface area contributed by atoms with Crippen molar-refractivity contribution in [2.24, 2.45) is 5.84 Å². The molecule has 0 heterocycles. The topological polar surface area (TPSA) is 66.6 Å². The number of carbonyl (C=O) groups excluding carboxylic acids is 1. The molecule has 0 aliphatic heterocycles. The Hall–Kier alpha value is -0.610. The van der Waals surface area contributed by atoms with E-state index in [9.17, 15) is 9.90 Å². The van der Waals surface area contributed by atoms with Crippen LogP contribution < -0.4 is 5.84 Å². The molecule has 1 atom stereocenters. The quantitative estimate of drug-likeness (QED) is 0.371. The van der Waals surface area contributed by atoms with Crippen molar-refractivity contribution in [3.63, 3.8) is 0 Å². The molecule has 1 aliphatic rings. The maximum absolute atomic E-state index is 11.4. The fourth-order valence-electron chi connectivity index (χ4n) is 1.23. The van der Waals surface area contributed by atoms with Gasteiger partial charge in [-0.3, -0.25) is 9.80 Å². The highest BCUT2D eigenvalue weighted by Crippen LogP contribution is 2.24. The van der Waals surface area contributed by atoms with Crippen molar-refractivity contribution in [1.29, 1.82) is 0 Å². The smallest absolute Gasteiger partial charge is 0.265 e. The highest BCUT2D eigenvalue weighted by molar-refractivity contribution is 5.80. The number of aliphatic hydroxyl groups is 1. The van der Waals surface area contributed by atoms with Crippen molar-refractivity contribution in [3.05, 3.63) is 0 Å². The van der Waals surface area contributed by atoms with E-state index in [4.69, 9.17) is 5.84 Å². The minimum absolute atomic E-state index is 0.184. The number of rotatable bonds is 5. The van der Waals surface area contributed by atoms with Crippen LogP contribution in [0.3, 0.4) is 0 Å². The van der Waals surface area contributed by atoms with Crippen LogP contribution in [0, 0.1) is 0 Å². The first kappa shape index (κ1) is 10.5. The molecule has 0 aromatic heterocycles. The summed E-state index contributed by atoms with van der Waals surface area (Å²) in [5.41, 5.74) is 0. The normalized spacial score (nSPS) is 18.4. The number of unbranched alkanes of at least 4 members (excludes halogenated alkanes) is 1. The molecular weight excluding hydrogens is 168 g/mol. The summed E-state index contributed by atoms with van der Waals surface area (Å²) in [4.78, 5) is 11.4. The van der Waals surface area contributed by atoms with E-state index >= 15 is 0 Å². The van der Waals surface area contributed by atoms with E-state index in [-0.39, 0.29) is 11.9 Å². The van der Waals surface area contributed by atoms with E-state index in [2.05, 4.69) is 0 Å². The van der Waals surface area contributed by atoms with E-state index in [1.54, 1.807) is 0 Å². The summed E-state index contributed by atoms with van der Waals surface area (Å²) in [7, 11) is 0. The third-order valence-electron chi connectivity index (χ3n) is 2.31. The van der Waals surface area contributed by atoms with Gasteiger partial charge in [-0.1, -0.05) is 19.8 Å². The lowest BCUT2D eigenvalue weighted by Crippen LogP contribution is -2.45. The van der Waals surface area contributed by atoms with Crippen LogP contribution in [-0.4, -0.2) is 28.2 Å². The van der Waals surface area contributed by atoms with Gasteiger partial charge in [0.15, 0.2) is 0 Å². The molecule has 1 saturated carbocycles. The van der Waals surface area contributed by atoms with Gasteiger partial charge in [-0.25, -0.2) is 5.84 Å². The average molecular weight is 186 g/mol. The van der Waals surface area contributed by atoms with Crippen molar-refractivity contribution in [1.82, 2.24) is 5.01 Å². The molecule has 4 nitrogen and oxygen atoms in total. The zero-order valence-electron chi connectivity index (χ0n) is 8.07. The summed E-state index contributed by atoms with van der Waals surface area (Å²) >= 11 is 0. The van der Waals surface area contributed by atoms with E-state index in [0.29, 0.717) is 6.42 Å². The maximum Gasteiger partial charge on any atom is 0.265 e. The lowest BCUT2D eigenvalue weighted by atomic mass is 10.1. The molecule has 0 spiro atoms. The Kier molecular flexibility index (Phi) is 3.69. The van der Waals surface area contributed by atoms with E-state index in [1.165, 1.54) is 5.01 Å². The highest BCUT2D eigenvalue weighted by Gasteiger charge is 2.33. The molecule has 3 N–H and O–H groups in total. The van der Waals surface area contributed by atoms with E-state index in [0.717, 1.165) is 25.7 Å². The second-order valence-corrected chi connectivity index (χ2v) is 3.63. The fourth-order valence-corrected chi connectivity index (χ4v) is 1.23. The number of nitrogens with two attached hydrogens (primary N) is 1. The Morgan fingerprint density at radius 2 is 2.31 bits per heavy atom. The molecule has 0 saturated heterocycles. The number of hydrogen-bond acceptors (Lipinski definition) is 3. The van der Waals surface area contributed by atoms with E-state index < -0.39 is 6.10 Å². The zero-order chi connectivity index (χ0) is 9.84. The lowest BCUT2D eigenvalue weighted by Gasteiger charge is -2.19. The Labute approximate surface area is 78.7 Å². The van der Waals surface area contributed by atoms with Crippen LogP contribution in [0.1, 0.15) is 39.0 Å². The summed E-state index contributed by atoms with van der Waals surface area (Å²) in [5.74, 6) is 5.20. The van der Waals surface area contributed by atoms with Gasteiger partial charge in [0, 0.05) is 6.04 Å². The van der Waals surface area contributed by atoms with Crippen molar-refractivity contribution in [2.45, 2.75) is 51.2 Å². The predicted molar refractivity (Wildman–Crippen MR) is 49.6 cm³/mol. The van der Waals surface area contributed by atoms with Crippen LogP contribution in [0.5, 0.6) is 0 Å². The lowest BCUT2D eigenvalue weighted by molar-refractivity contribution is -0.141. The van der Waals surface area contributed by atoms with Crippen molar-refractivity contribution in [3.8, 4) is 0 Å². The number of amides is 1. The minimum atomic E-state index is -0.898. The van der Waals surface area contributed by atoms with Gasteiger partial charge in [-0.2, -0.15) is 0 Å². The summed E-state index contributed by atoms with van der Waals surface area (Å²) in [5, 5.41) is 10.6. The van der Waals surface area contributed by atoms with Crippen LogP contribution in [0.2, 0.25) is 0 Å². The minimum Gasteiger partial charge on any atom is -0.383 e. The highest BCUT2D eigenvalue weighted by atomic mass is 16.3. The molecule has 1 aliphatic carbocycles. The summed E-state index contributed by atoms with van der Waals surface area (Å²) in [6, 6.07) is 0.184. The van der Waals surface area contributed by atoms with Gasteiger partial charge in [-0.15, -0.1) is 0 Å². The molecule has 1 rings (SSSR count). The van der Waals surface area contributed by atoms with Gasteiger partial charge in [0.25, 0.3) is 5.91 Å². The monoisotopic (exact) mass is 186 g/mol. The van der Waals surface area contributed by atoms with E-state index in [1.807, 2.05) is 6.92 Å². The number of hydrazine groups is 1. The van der Waals surface area contributed by atoms with Gasteiger partial charge >= 0.3 is 0 Å². The first-order valence-corrected chi connectivity index (χ1v) is 4.92. The second-order valence-electron chi connectivity index (χ2n) is 3.63. The average Bonchev–Trinajstić information content (AvgIpc) is 2.94. The Balaban J connectivity index is 2.27. The fraction of sp³-hybridized carbons (Fsp3) is 0.889. The summed E-state index contributed by atoms with van der Waals surface area (Å²) in [6.45, 7) is 2.03. The van der Waals surface area contributed by atoms with Crippen LogP contribution in [-0.2, 0) is 4.79 Å². The largest absolute Gasteiger partial charge is 0.383 e. The Morgan fingerprint density at radius 1 is 1.69 bits per heavy atom. The zero-order valence-corrected chi connectivity index (χ0v) is 8.07. The van der Waals surface area contributed by atoms with Gasteiger partial charge in [0.05, 0.1) is 0 Å². The number of aliphatic hydroxyl groups excluding tert-OH is 1. The molecule has 0 bridgehead atoms. The van der Waals surface area contributed by atoms with Gasteiger partial charge in [0.2, 0.25) is 0 Å². The molecule has 1 amide bonds. The van der Waals surface area contributed by atoms with Crippen molar-refractivity contribution in [2.75, 3.05) is 0 Å². The Bertz CT molecular complexity index is 180. The molecule has 0 radical (unpaired) electrons. The molecule has 0 aromatic rings. The first-order valence-electron chi connectivity index (χ1n) is 4.92. The third-order valence-corrected chi connectivity index (χ3v) is 2.31. The third kappa shape index (κ3) is 2.97. The maximum atomic E-state index is 11.4. The van der Waals surface area contributed by atoms with Crippen molar-refractivity contribution >= 4 is 5.91 Å². The molecule has 13 heavy (non-hydrogen) atoms. The van der Waals surface area contributed by atoms with Gasteiger partial charge in [0.1, 0.15) is 6.10 Å². The van der Waals surface area contributed by atoms with Gasteiger partial charge in [-0.05, 0) is 19.3 Å². The molecule has 4 heteroatoms. The summed E-state index contributed by atoms with van der Waals surface area (Å²) < 4.78 is 0. The van der Waals surface area contributed by atoms with Crippen LogP contribution in [0.25, 0.3) is 0 Å². The second kappa shape index (κ2) is 4.58. The molecule has 0 aromatic carbocycles. The van der Waals surface area contributed by atoms with Crippen molar-refractivity contribution < 1.29 is 9.90 Å². The molecular formula is C9H18N2O2. The summed E-state index contributed by atoms with van der Waals surface area (Å²) in [6.07, 6.45) is 3.43. The van der Waals surface area contributed by atoms with Crippen LogP contribution in [0.15, 0.2) is 0 Å². The predicted octanol–water partition coefficient (Wildman–Crippen LogP) is 0.402. The van der Waals surface area contributed by atoms with Crippen LogP contribution in [0.4, 0.5) is 0 Å². The van der Waals surface area contributed by atoms with Crippen LogP contribution >= 0.6 is 0 Å². The van der Waals surface area contributed by atoms with Gasteiger partial charge < -0.3 is 5.11 Å². The number of carbonyl (C=O) groups is 1. The molecule has 1 fully saturated rings. The Morgan fingerprint density at radius 3 is 2.77 bits per heavy atom. The SMILES string of the molecule is CCCC[C@H](O)C(=O)N(N)C1CC1. The molecule has 76 valence electrons. The standard InChI is InChI=1S/C9H18N2O2/c1-2-3-4-8(12)9(13)11(10)7-5-6-7/h7-8,12H,2-6,10H2,1H3/t8-/m0/s1. The molecule has 0 unspecified atom stereocenters. The first-order chi connectivity index (χ1) is 6.16. The number of hydrogen-bond donors (Lipinski definition) is 2. The number of nitrogens with zero attached hydrogens (tertiary/aromatic N) is 1.